The predicted octanol–water partition coefficient (Wildman–Crippen LogP) is 6.20. The molecule has 0 radical (unpaired) electrons. The zero-order valence-electron chi connectivity index (χ0n) is 23.9. The summed E-state index contributed by atoms with van der Waals surface area (Å²) in [5, 5.41) is 11.4. The van der Waals surface area contributed by atoms with Crippen LogP contribution in [0.25, 0.3) is 5.76 Å². The van der Waals surface area contributed by atoms with Gasteiger partial charge in [-0.05, 0) is 68.7 Å². The van der Waals surface area contributed by atoms with Crippen molar-refractivity contribution in [3.05, 3.63) is 65.2 Å². The number of carbonyl (C=O) groups is 2. The molecular formula is C32H44N2O5. The smallest absolute Gasteiger partial charge is 0.295 e. The lowest BCUT2D eigenvalue weighted by atomic mass is 9.95. The molecule has 0 spiro atoms. The zero-order valence-corrected chi connectivity index (χ0v) is 23.9. The number of ether oxygens (including phenoxy) is 2. The van der Waals surface area contributed by atoms with Crippen LogP contribution in [-0.2, 0) is 9.59 Å². The molecule has 0 bridgehead atoms. The van der Waals surface area contributed by atoms with Gasteiger partial charge in [-0.2, -0.15) is 0 Å². The van der Waals surface area contributed by atoms with Gasteiger partial charge in [0.15, 0.2) is 0 Å². The number of carbonyl (C=O) groups excluding carboxylic acids is 2. The van der Waals surface area contributed by atoms with E-state index >= 15 is 0 Å². The van der Waals surface area contributed by atoms with Crippen molar-refractivity contribution in [1.82, 2.24) is 9.80 Å². The standard InChI is InChI=1S/C32H44N2O5/c1-5-9-21-38-26-17-15-24(16-18-26)29-28(30(35)25-13-11-14-27(23-25)39-22-10-6-2)31(36)32(37)34(29)20-12-19-33(7-3)8-4/h11,13-18,23,29,35H,5-10,12,19-22H2,1-4H3/b30-28+. The van der Waals surface area contributed by atoms with Crippen molar-refractivity contribution in [3.8, 4) is 11.5 Å². The van der Waals surface area contributed by atoms with Crippen LogP contribution in [0.3, 0.4) is 0 Å². The van der Waals surface area contributed by atoms with E-state index in [-0.39, 0.29) is 11.3 Å². The summed E-state index contributed by atoms with van der Waals surface area (Å²) >= 11 is 0. The monoisotopic (exact) mass is 536 g/mol. The molecule has 7 nitrogen and oxygen atoms in total. The van der Waals surface area contributed by atoms with Gasteiger partial charge in [-0.25, -0.2) is 0 Å². The minimum absolute atomic E-state index is 0.105. The van der Waals surface area contributed by atoms with Gasteiger partial charge in [-0.1, -0.05) is 64.8 Å². The molecule has 1 heterocycles. The van der Waals surface area contributed by atoms with Crippen LogP contribution < -0.4 is 9.47 Å². The number of hydrogen-bond acceptors (Lipinski definition) is 6. The molecule has 1 N–H and O–H groups in total. The normalized spacial score (nSPS) is 16.7. The molecule has 212 valence electrons. The SMILES string of the molecule is CCCCOc1ccc(C2/C(=C(\O)c3cccc(OCCCC)c3)C(=O)C(=O)N2CCCN(CC)CC)cc1. The summed E-state index contributed by atoms with van der Waals surface area (Å²) in [4.78, 5) is 30.6. The molecule has 2 aromatic rings. The van der Waals surface area contributed by atoms with Crippen molar-refractivity contribution < 1.29 is 24.2 Å². The van der Waals surface area contributed by atoms with Gasteiger partial charge < -0.3 is 24.4 Å². The number of ketones is 1. The van der Waals surface area contributed by atoms with Gasteiger partial charge in [-0.15, -0.1) is 0 Å². The molecular weight excluding hydrogens is 492 g/mol. The number of nitrogens with zero attached hydrogens (tertiary/aromatic N) is 2. The minimum Gasteiger partial charge on any atom is -0.507 e. The molecule has 7 heteroatoms. The van der Waals surface area contributed by atoms with E-state index in [2.05, 4.69) is 32.6 Å². The molecule has 0 aliphatic carbocycles. The summed E-state index contributed by atoms with van der Waals surface area (Å²) in [5.41, 5.74) is 1.32. The number of likely N-dealkylation sites (tertiary alicyclic amines) is 1. The molecule has 1 fully saturated rings. The molecule has 3 rings (SSSR count). The average molecular weight is 537 g/mol. The number of Topliss-reactive ketones (excluding diaryl/α,β-unsaturated/α-hetero) is 1. The van der Waals surface area contributed by atoms with Crippen molar-refractivity contribution in [2.75, 3.05) is 39.4 Å². The highest BCUT2D eigenvalue weighted by atomic mass is 16.5. The van der Waals surface area contributed by atoms with Crippen LogP contribution in [0, 0.1) is 0 Å². The number of aliphatic hydroxyl groups excluding tert-OH is 1. The third-order valence-corrected chi connectivity index (χ3v) is 7.14. The van der Waals surface area contributed by atoms with Crippen LogP contribution in [0.5, 0.6) is 11.5 Å². The fraction of sp³-hybridized carbons (Fsp3) is 0.500. The Morgan fingerprint density at radius 3 is 2.13 bits per heavy atom. The summed E-state index contributed by atoms with van der Waals surface area (Å²) in [5.74, 6) is -0.0804. The molecule has 1 saturated heterocycles. The highest BCUT2D eigenvalue weighted by Gasteiger charge is 2.45. The van der Waals surface area contributed by atoms with E-state index in [1.807, 2.05) is 30.3 Å². The van der Waals surface area contributed by atoms with Crippen LogP contribution in [-0.4, -0.2) is 66.0 Å². The number of benzene rings is 2. The van der Waals surface area contributed by atoms with Crippen LogP contribution >= 0.6 is 0 Å². The molecule has 39 heavy (non-hydrogen) atoms. The maximum absolute atomic E-state index is 13.4. The highest BCUT2D eigenvalue weighted by molar-refractivity contribution is 6.46. The summed E-state index contributed by atoms with van der Waals surface area (Å²) in [6.07, 6.45) is 4.68. The molecule has 0 saturated carbocycles. The van der Waals surface area contributed by atoms with Crippen LogP contribution in [0.1, 0.15) is 77.0 Å². The van der Waals surface area contributed by atoms with E-state index in [4.69, 9.17) is 9.47 Å². The first kappa shape index (κ1) is 30.2. The first-order valence-electron chi connectivity index (χ1n) is 14.4. The topological polar surface area (TPSA) is 79.3 Å². The lowest BCUT2D eigenvalue weighted by molar-refractivity contribution is -0.140. The minimum atomic E-state index is -0.684. The Balaban J connectivity index is 1.97. The Labute approximate surface area is 233 Å². The molecule has 1 aliphatic rings. The van der Waals surface area contributed by atoms with Crippen LogP contribution in [0.4, 0.5) is 0 Å². The maximum Gasteiger partial charge on any atom is 0.295 e. The molecule has 1 atom stereocenters. The summed E-state index contributed by atoms with van der Waals surface area (Å²) < 4.78 is 11.6. The molecule has 0 aromatic heterocycles. The number of amides is 1. The Bertz CT molecular complexity index is 1110. The lowest BCUT2D eigenvalue weighted by Gasteiger charge is -2.27. The first-order valence-corrected chi connectivity index (χ1v) is 14.4. The molecule has 2 aromatic carbocycles. The van der Waals surface area contributed by atoms with Crippen molar-refractivity contribution in [1.29, 1.82) is 0 Å². The highest BCUT2D eigenvalue weighted by Crippen LogP contribution is 2.40. The van der Waals surface area contributed by atoms with Gasteiger partial charge in [0.1, 0.15) is 17.3 Å². The first-order chi connectivity index (χ1) is 18.9. The number of aliphatic hydroxyl groups is 1. The summed E-state index contributed by atoms with van der Waals surface area (Å²) in [7, 11) is 0. The van der Waals surface area contributed by atoms with E-state index in [1.54, 1.807) is 23.1 Å². The van der Waals surface area contributed by atoms with Gasteiger partial charge in [0.05, 0.1) is 24.8 Å². The quantitative estimate of drug-likeness (QED) is 0.119. The third kappa shape index (κ3) is 7.85. The largest absolute Gasteiger partial charge is 0.507 e. The molecule has 1 amide bonds. The fourth-order valence-electron chi connectivity index (χ4n) is 4.77. The van der Waals surface area contributed by atoms with E-state index in [0.29, 0.717) is 31.1 Å². The fourth-order valence-corrected chi connectivity index (χ4v) is 4.77. The van der Waals surface area contributed by atoms with Gasteiger partial charge in [0.25, 0.3) is 11.7 Å². The Hall–Kier alpha value is -3.32. The van der Waals surface area contributed by atoms with Crippen molar-refractivity contribution in [2.45, 2.75) is 65.8 Å². The second-order valence-electron chi connectivity index (χ2n) is 9.87. The molecule has 1 unspecified atom stereocenters. The molecule has 1 aliphatic heterocycles. The number of rotatable bonds is 16. The Kier molecular flexibility index (Phi) is 11.9. The summed E-state index contributed by atoms with van der Waals surface area (Å²) in [6, 6.07) is 13.9. The van der Waals surface area contributed by atoms with Crippen molar-refractivity contribution >= 4 is 17.4 Å². The van der Waals surface area contributed by atoms with Crippen LogP contribution in [0.15, 0.2) is 54.1 Å². The van der Waals surface area contributed by atoms with E-state index in [1.165, 1.54) is 0 Å². The number of hydrogen-bond donors (Lipinski definition) is 1. The number of unbranched alkanes of at least 4 members (excludes halogenated alkanes) is 2. The van der Waals surface area contributed by atoms with Gasteiger partial charge >= 0.3 is 0 Å². The van der Waals surface area contributed by atoms with E-state index in [9.17, 15) is 14.7 Å². The Morgan fingerprint density at radius 2 is 1.51 bits per heavy atom. The second kappa shape index (κ2) is 15.3. The zero-order chi connectivity index (χ0) is 28.2. The Morgan fingerprint density at radius 1 is 0.872 bits per heavy atom. The summed E-state index contributed by atoms with van der Waals surface area (Å²) in [6.45, 7) is 12.7. The van der Waals surface area contributed by atoms with Crippen LogP contribution in [0.2, 0.25) is 0 Å². The van der Waals surface area contributed by atoms with Gasteiger partial charge in [0.2, 0.25) is 0 Å². The maximum atomic E-state index is 13.4. The van der Waals surface area contributed by atoms with Crippen molar-refractivity contribution in [3.63, 3.8) is 0 Å². The van der Waals surface area contributed by atoms with E-state index < -0.39 is 17.7 Å². The predicted molar refractivity (Wildman–Crippen MR) is 155 cm³/mol. The lowest BCUT2D eigenvalue weighted by Crippen LogP contribution is -2.33. The van der Waals surface area contributed by atoms with Gasteiger partial charge in [-0.3, -0.25) is 9.59 Å². The third-order valence-electron chi connectivity index (χ3n) is 7.14. The van der Waals surface area contributed by atoms with Gasteiger partial charge in [0, 0.05) is 12.1 Å². The average Bonchev–Trinajstić information content (AvgIpc) is 3.21. The van der Waals surface area contributed by atoms with E-state index in [0.717, 1.165) is 63.1 Å². The van der Waals surface area contributed by atoms with Crippen molar-refractivity contribution in [2.24, 2.45) is 0 Å². The second-order valence-corrected chi connectivity index (χ2v) is 9.87.